The van der Waals surface area contributed by atoms with Crippen molar-refractivity contribution in [3.8, 4) is 11.5 Å². The van der Waals surface area contributed by atoms with Gasteiger partial charge in [0, 0.05) is 12.6 Å². The average molecular weight is 420 g/mol. The van der Waals surface area contributed by atoms with Gasteiger partial charge in [0.25, 0.3) is 5.56 Å². The zero-order valence-electron chi connectivity index (χ0n) is 16.6. The third kappa shape index (κ3) is 4.17. The van der Waals surface area contributed by atoms with Crippen molar-refractivity contribution in [1.29, 1.82) is 0 Å². The van der Waals surface area contributed by atoms with Crippen molar-refractivity contribution >= 4 is 23.3 Å². The van der Waals surface area contributed by atoms with Gasteiger partial charge in [-0.05, 0) is 24.3 Å². The first-order valence-electron chi connectivity index (χ1n) is 9.49. The summed E-state index contributed by atoms with van der Waals surface area (Å²) in [5, 5.41) is 14.0. The van der Waals surface area contributed by atoms with Crippen LogP contribution in [-0.4, -0.2) is 37.0 Å². The van der Waals surface area contributed by atoms with Crippen LogP contribution < -0.4 is 21.4 Å². The Morgan fingerprint density at radius 3 is 2.68 bits per heavy atom. The molecule has 10 heteroatoms. The summed E-state index contributed by atoms with van der Waals surface area (Å²) in [4.78, 5) is 31.1. The van der Waals surface area contributed by atoms with Crippen molar-refractivity contribution < 1.29 is 9.84 Å². The fourth-order valence-electron chi connectivity index (χ4n) is 3.07. The summed E-state index contributed by atoms with van der Waals surface area (Å²) in [5.41, 5.74) is 2.62. The van der Waals surface area contributed by atoms with Crippen molar-refractivity contribution in [3.63, 3.8) is 0 Å². The van der Waals surface area contributed by atoms with E-state index < -0.39 is 11.2 Å². The Bertz CT molecular complexity index is 1350. The number of hydrazone groups is 1. The Morgan fingerprint density at radius 1 is 1.16 bits per heavy atom. The number of nitrogens with zero attached hydrogens (tertiary/aromatic N) is 4. The molecule has 0 fully saturated rings. The molecule has 2 aromatic carbocycles. The molecule has 31 heavy (non-hydrogen) atoms. The maximum atomic E-state index is 12.5. The molecule has 0 bridgehead atoms. The molecule has 3 N–H and O–H groups in total. The molecule has 0 aliphatic rings. The van der Waals surface area contributed by atoms with Gasteiger partial charge in [0.1, 0.15) is 18.1 Å². The molecule has 2 aromatic heterocycles. The minimum absolute atomic E-state index is 0.0802. The van der Waals surface area contributed by atoms with Crippen LogP contribution in [0.5, 0.6) is 11.5 Å². The second kappa shape index (κ2) is 8.57. The molecule has 0 aliphatic carbocycles. The van der Waals surface area contributed by atoms with Gasteiger partial charge in [-0.3, -0.25) is 18.9 Å². The average Bonchev–Trinajstić information content (AvgIpc) is 3.13. The van der Waals surface area contributed by atoms with Gasteiger partial charge in [-0.1, -0.05) is 30.3 Å². The number of ether oxygens (including phenoxy) is 1. The van der Waals surface area contributed by atoms with E-state index in [0.717, 1.165) is 0 Å². The lowest BCUT2D eigenvalue weighted by Gasteiger charge is -2.10. The molecular formula is C21H20N6O4. The summed E-state index contributed by atoms with van der Waals surface area (Å²) in [7, 11) is 1.52. The predicted molar refractivity (Wildman–Crippen MR) is 117 cm³/mol. The Morgan fingerprint density at radius 2 is 1.90 bits per heavy atom. The number of aromatic nitrogens is 4. The maximum Gasteiger partial charge on any atom is 0.329 e. The van der Waals surface area contributed by atoms with Gasteiger partial charge in [-0.2, -0.15) is 10.1 Å². The van der Waals surface area contributed by atoms with Crippen LogP contribution in [0.3, 0.4) is 0 Å². The molecule has 2 heterocycles. The van der Waals surface area contributed by atoms with E-state index in [9.17, 15) is 14.7 Å². The van der Waals surface area contributed by atoms with E-state index >= 15 is 0 Å². The molecule has 0 unspecified atom stereocenters. The summed E-state index contributed by atoms with van der Waals surface area (Å²) in [5.74, 6) is 1.03. The standard InChI is InChI=1S/C21H20N6O4/c1-26-18-17(19(29)24-21(26)30)27(11-12-31-15-8-3-2-4-9-15)20(23-18)25-22-13-14-7-5-6-10-16(14)28/h2-10,13,28H,11-12H2,1H3,(H,23,25)(H,24,29,30)/b22-13+. The highest BCUT2D eigenvalue weighted by Crippen LogP contribution is 2.17. The molecule has 0 aliphatic heterocycles. The fourth-order valence-corrected chi connectivity index (χ4v) is 3.07. The smallest absolute Gasteiger partial charge is 0.329 e. The summed E-state index contributed by atoms with van der Waals surface area (Å²) in [6, 6.07) is 16.0. The quantitative estimate of drug-likeness (QED) is 0.308. The van der Waals surface area contributed by atoms with E-state index in [0.29, 0.717) is 11.3 Å². The number of fused-ring (bicyclic) bond motifs is 1. The number of phenolic OH excluding ortho intramolecular Hbond substituents is 1. The molecular weight excluding hydrogens is 400 g/mol. The largest absolute Gasteiger partial charge is 0.507 e. The zero-order chi connectivity index (χ0) is 21.8. The Balaban J connectivity index is 1.66. The molecule has 0 amide bonds. The highest BCUT2D eigenvalue weighted by atomic mass is 16.5. The van der Waals surface area contributed by atoms with Gasteiger partial charge >= 0.3 is 5.69 Å². The van der Waals surface area contributed by atoms with E-state index in [-0.39, 0.29) is 36.0 Å². The molecule has 0 saturated carbocycles. The maximum absolute atomic E-state index is 12.5. The number of hydrogen-bond acceptors (Lipinski definition) is 7. The number of hydrogen-bond donors (Lipinski definition) is 3. The topological polar surface area (TPSA) is 127 Å². The number of aromatic amines is 1. The molecule has 0 radical (unpaired) electrons. The Kier molecular flexibility index (Phi) is 5.52. The lowest BCUT2D eigenvalue weighted by molar-refractivity contribution is 0.301. The number of phenols is 1. The second-order valence-corrected chi connectivity index (χ2v) is 6.67. The van der Waals surface area contributed by atoms with Gasteiger partial charge in [0.15, 0.2) is 11.2 Å². The first kappa shape index (κ1) is 20.0. The third-order valence-electron chi connectivity index (χ3n) is 4.64. The highest BCUT2D eigenvalue weighted by Gasteiger charge is 2.17. The minimum atomic E-state index is -0.563. The number of aromatic hydroxyl groups is 1. The van der Waals surface area contributed by atoms with Crippen molar-refractivity contribution in [2.75, 3.05) is 12.0 Å². The second-order valence-electron chi connectivity index (χ2n) is 6.67. The Labute approximate surface area is 176 Å². The Hall–Kier alpha value is -4.34. The van der Waals surface area contributed by atoms with Crippen molar-refractivity contribution in [2.24, 2.45) is 12.1 Å². The summed E-state index contributed by atoms with van der Waals surface area (Å²) in [6.45, 7) is 0.538. The number of imidazole rings is 1. The summed E-state index contributed by atoms with van der Waals surface area (Å²) in [6.07, 6.45) is 1.43. The van der Waals surface area contributed by atoms with Crippen molar-refractivity contribution in [1.82, 2.24) is 19.1 Å². The van der Waals surface area contributed by atoms with Gasteiger partial charge in [-0.15, -0.1) is 0 Å². The number of nitrogens with one attached hydrogen (secondary N) is 2. The van der Waals surface area contributed by atoms with Crippen molar-refractivity contribution in [3.05, 3.63) is 81.0 Å². The summed E-state index contributed by atoms with van der Waals surface area (Å²) < 4.78 is 8.59. The van der Waals surface area contributed by atoms with Crippen LogP contribution >= 0.6 is 0 Å². The van der Waals surface area contributed by atoms with Gasteiger partial charge in [-0.25, -0.2) is 10.2 Å². The van der Waals surface area contributed by atoms with Crippen LogP contribution in [-0.2, 0) is 13.6 Å². The zero-order valence-corrected chi connectivity index (χ0v) is 16.6. The normalized spacial score (nSPS) is 11.3. The number of para-hydroxylation sites is 2. The van der Waals surface area contributed by atoms with Crippen LogP contribution in [0.25, 0.3) is 11.2 Å². The fraction of sp³-hybridized carbons (Fsp3) is 0.143. The SMILES string of the molecule is Cn1c(=O)[nH]c(=O)c2c1nc(N/N=C/c1ccccc1O)n2CCOc1ccccc1. The molecule has 0 saturated heterocycles. The number of benzene rings is 2. The van der Waals surface area contributed by atoms with Crippen LogP contribution in [0.2, 0.25) is 0 Å². The van der Waals surface area contributed by atoms with Crippen LogP contribution in [0.1, 0.15) is 5.56 Å². The van der Waals surface area contributed by atoms with Gasteiger partial charge in [0.05, 0.1) is 12.8 Å². The predicted octanol–water partition coefficient (Wildman–Crippen LogP) is 1.65. The molecule has 0 spiro atoms. The van der Waals surface area contributed by atoms with E-state index in [1.807, 2.05) is 30.3 Å². The molecule has 10 nitrogen and oxygen atoms in total. The van der Waals surface area contributed by atoms with Crippen molar-refractivity contribution in [2.45, 2.75) is 6.54 Å². The number of H-pyrrole nitrogens is 1. The van der Waals surface area contributed by atoms with Gasteiger partial charge < -0.3 is 9.84 Å². The van der Waals surface area contributed by atoms with Crippen LogP contribution in [0, 0.1) is 0 Å². The number of anilines is 1. The third-order valence-corrected chi connectivity index (χ3v) is 4.64. The first-order valence-corrected chi connectivity index (χ1v) is 9.49. The van der Waals surface area contributed by atoms with E-state index in [1.54, 1.807) is 28.8 Å². The number of rotatable bonds is 7. The highest BCUT2D eigenvalue weighted by molar-refractivity contribution is 5.83. The molecule has 4 aromatic rings. The molecule has 4 rings (SSSR count). The van der Waals surface area contributed by atoms with Gasteiger partial charge in [0.2, 0.25) is 5.95 Å². The lowest BCUT2D eigenvalue weighted by atomic mass is 10.2. The van der Waals surface area contributed by atoms with Crippen LogP contribution in [0.4, 0.5) is 5.95 Å². The van der Waals surface area contributed by atoms with E-state index in [1.165, 1.54) is 17.8 Å². The van der Waals surface area contributed by atoms with Crippen LogP contribution in [0.15, 0.2) is 69.3 Å². The van der Waals surface area contributed by atoms with E-state index in [2.05, 4.69) is 20.5 Å². The minimum Gasteiger partial charge on any atom is -0.507 e. The first-order chi connectivity index (χ1) is 15.0. The molecule has 0 atom stereocenters. The molecule has 158 valence electrons. The monoisotopic (exact) mass is 420 g/mol. The number of aryl methyl sites for hydroxylation is 1. The van der Waals surface area contributed by atoms with E-state index in [4.69, 9.17) is 4.74 Å². The lowest BCUT2D eigenvalue weighted by Crippen LogP contribution is -2.29. The summed E-state index contributed by atoms with van der Waals surface area (Å²) >= 11 is 0.